The van der Waals surface area contributed by atoms with Gasteiger partial charge >= 0.3 is 0 Å². The van der Waals surface area contributed by atoms with Gasteiger partial charge in [-0.3, -0.25) is 9.59 Å². The number of hydrogen-bond donors (Lipinski definition) is 3. The monoisotopic (exact) mass is 340 g/mol. The second-order valence-corrected chi connectivity index (χ2v) is 6.98. The molecule has 1 aliphatic rings. The number of amides is 2. The third-order valence-corrected chi connectivity index (χ3v) is 3.99. The van der Waals surface area contributed by atoms with Crippen LogP contribution >= 0.6 is 0 Å². The maximum Gasteiger partial charge on any atom is 0.262 e. The Labute approximate surface area is 145 Å². The first-order valence-electron chi connectivity index (χ1n) is 7.95. The lowest BCUT2D eigenvalue weighted by Crippen LogP contribution is -2.25. The molecule has 0 radical (unpaired) electrons. The van der Waals surface area contributed by atoms with E-state index in [2.05, 4.69) is 31.4 Å². The van der Waals surface area contributed by atoms with Crippen molar-refractivity contribution in [2.24, 2.45) is 0 Å². The van der Waals surface area contributed by atoms with Crippen LogP contribution in [0.1, 0.15) is 36.7 Å². The number of fused-ring (bicyclic) bond motifs is 1. The lowest BCUT2D eigenvalue weighted by Gasteiger charge is -2.21. The number of aromatic hydroxyl groups is 1. The fourth-order valence-electron chi connectivity index (χ4n) is 2.51. The summed E-state index contributed by atoms with van der Waals surface area (Å²) in [5.74, 6) is -0.152. The lowest BCUT2D eigenvalue weighted by molar-refractivity contribution is -0.118. The largest absolute Gasteiger partial charge is 0.506 e. The Morgan fingerprint density at radius 1 is 1.20 bits per heavy atom. The summed E-state index contributed by atoms with van der Waals surface area (Å²) in [5, 5.41) is 15.4. The molecule has 130 valence electrons. The number of benzene rings is 2. The molecule has 2 aromatic rings. The summed E-state index contributed by atoms with van der Waals surface area (Å²) < 4.78 is 5.32. The summed E-state index contributed by atoms with van der Waals surface area (Å²) in [6.07, 6.45) is 0. The van der Waals surface area contributed by atoms with E-state index in [-0.39, 0.29) is 29.6 Å². The number of nitrogens with one attached hydrogen (secondary N) is 2. The van der Waals surface area contributed by atoms with Gasteiger partial charge in [0.1, 0.15) is 11.5 Å². The molecular formula is C19H20N2O4. The quantitative estimate of drug-likeness (QED) is 0.732. The van der Waals surface area contributed by atoms with Gasteiger partial charge in [0, 0.05) is 5.56 Å². The van der Waals surface area contributed by atoms with Crippen molar-refractivity contribution in [1.29, 1.82) is 0 Å². The van der Waals surface area contributed by atoms with Crippen molar-refractivity contribution in [3.63, 3.8) is 0 Å². The summed E-state index contributed by atoms with van der Waals surface area (Å²) in [5.41, 5.74) is 2.15. The predicted octanol–water partition coefficient (Wildman–Crippen LogP) is 3.27. The summed E-state index contributed by atoms with van der Waals surface area (Å²) in [4.78, 5) is 23.8. The summed E-state index contributed by atoms with van der Waals surface area (Å²) in [6.45, 7) is 6.09. The SMILES string of the molecule is CC(C)(C)c1ccc(O)c(NC(=O)c2ccc3c(c2)OCC(=O)N3)c1. The first-order chi connectivity index (χ1) is 11.7. The van der Waals surface area contributed by atoms with Crippen molar-refractivity contribution in [2.75, 3.05) is 17.2 Å². The van der Waals surface area contributed by atoms with Crippen molar-refractivity contribution in [3.05, 3.63) is 47.5 Å². The molecule has 2 aromatic carbocycles. The van der Waals surface area contributed by atoms with E-state index >= 15 is 0 Å². The minimum absolute atomic E-state index is 0.00261. The smallest absolute Gasteiger partial charge is 0.262 e. The molecule has 25 heavy (non-hydrogen) atoms. The molecule has 1 heterocycles. The van der Waals surface area contributed by atoms with Crippen molar-refractivity contribution < 1.29 is 19.4 Å². The van der Waals surface area contributed by atoms with Gasteiger partial charge in [-0.05, 0) is 41.3 Å². The summed E-state index contributed by atoms with van der Waals surface area (Å²) >= 11 is 0. The minimum Gasteiger partial charge on any atom is -0.506 e. The standard InChI is InChI=1S/C19H20N2O4/c1-19(2,3)12-5-7-15(22)14(9-12)21-18(24)11-4-6-13-16(8-11)25-10-17(23)20-13/h4-9,22H,10H2,1-3H3,(H,20,23)(H,21,24). The van der Waals surface area contributed by atoms with Gasteiger partial charge in [0.05, 0.1) is 11.4 Å². The highest BCUT2D eigenvalue weighted by atomic mass is 16.5. The molecule has 0 aromatic heterocycles. The van der Waals surface area contributed by atoms with Gasteiger partial charge in [-0.15, -0.1) is 0 Å². The fraction of sp³-hybridized carbons (Fsp3) is 0.263. The molecule has 0 saturated heterocycles. The van der Waals surface area contributed by atoms with Crippen LogP contribution in [-0.2, 0) is 10.2 Å². The molecule has 3 rings (SSSR count). The van der Waals surface area contributed by atoms with Crippen LogP contribution in [0.5, 0.6) is 11.5 Å². The fourth-order valence-corrected chi connectivity index (χ4v) is 2.51. The van der Waals surface area contributed by atoms with Crippen LogP contribution in [0, 0.1) is 0 Å². The van der Waals surface area contributed by atoms with E-state index in [1.807, 2.05) is 6.07 Å². The highest BCUT2D eigenvalue weighted by Gasteiger charge is 2.19. The lowest BCUT2D eigenvalue weighted by atomic mass is 9.87. The number of carbonyl (C=O) groups excluding carboxylic acids is 2. The molecular weight excluding hydrogens is 320 g/mol. The molecule has 0 bridgehead atoms. The van der Waals surface area contributed by atoms with Crippen LogP contribution < -0.4 is 15.4 Å². The van der Waals surface area contributed by atoms with Gasteiger partial charge in [-0.2, -0.15) is 0 Å². The maximum atomic E-state index is 12.5. The van der Waals surface area contributed by atoms with Crippen molar-refractivity contribution in [3.8, 4) is 11.5 Å². The Morgan fingerprint density at radius 2 is 1.96 bits per heavy atom. The average molecular weight is 340 g/mol. The normalized spacial score (nSPS) is 13.5. The Balaban J connectivity index is 1.84. The van der Waals surface area contributed by atoms with E-state index in [0.29, 0.717) is 22.7 Å². The molecule has 6 nitrogen and oxygen atoms in total. The van der Waals surface area contributed by atoms with E-state index < -0.39 is 0 Å². The van der Waals surface area contributed by atoms with E-state index in [1.165, 1.54) is 0 Å². The second kappa shape index (κ2) is 6.12. The van der Waals surface area contributed by atoms with Gasteiger partial charge in [0.15, 0.2) is 6.61 Å². The molecule has 6 heteroatoms. The molecule has 0 atom stereocenters. The van der Waals surface area contributed by atoms with Crippen LogP contribution in [0.3, 0.4) is 0 Å². The second-order valence-electron chi connectivity index (χ2n) is 6.98. The first kappa shape index (κ1) is 16.8. The predicted molar refractivity (Wildman–Crippen MR) is 95.3 cm³/mol. The minimum atomic E-state index is -0.371. The molecule has 3 N–H and O–H groups in total. The topological polar surface area (TPSA) is 87.7 Å². The van der Waals surface area contributed by atoms with Crippen molar-refractivity contribution in [1.82, 2.24) is 0 Å². The highest BCUT2D eigenvalue weighted by Crippen LogP contribution is 2.32. The van der Waals surface area contributed by atoms with Crippen LogP contribution in [0.2, 0.25) is 0 Å². The van der Waals surface area contributed by atoms with Gasteiger partial charge in [-0.1, -0.05) is 26.8 Å². The molecule has 0 aliphatic carbocycles. The number of carbonyl (C=O) groups is 2. The number of rotatable bonds is 2. The number of anilines is 2. The molecule has 0 saturated carbocycles. The maximum absolute atomic E-state index is 12.5. The molecule has 0 unspecified atom stereocenters. The van der Waals surface area contributed by atoms with E-state index in [1.54, 1.807) is 30.3 Å². The third-order valence-electron chi connectivity index (χ3n) is 3.99. The zero-order chi connectivity index (χ0) is 18.2. The molecule has 2 amide bonds. The molecule has 1 aliphatic heterocycles. The zero-order valence-corrected chi connectivity index (χ0v) is 14.3. The number of phenolic OH excluding ortho intramolecular Hbond substituents is 1. The van der Waals surface area contributed by atoms with Crippen LogP contribution in [0.25, 0.3) is 0 Å². The van der Waals surface area contributed by atoms with Gasteiger partial charge in [0.2, 0.25) is 0 Å². The number of ether oxygens (including phenoxy) is 1. The Hall–Kier alpha value is -3.02. The Morgan fingerprint density at radius 3 is 2.68 bits per heavy atom. The van der Waals surface area contributed by atoms with Gasteiger partial charge < -0.3 is 20.5 Å². The van der Waals surface area contributed by atoms with Crippen molar-refractivity contribution >= 4 is 23.2 Å². The van der Waals surface area contributed by atoms with Crippen LogP contribution in [-0.4, -0.2) is 23.5 Å². The van der Waals surface area contributed by atoms with Crippen LogP contribution in [0.4, 0.5) is 11.4 Å². The van der Waals surface area contributed by atoms with Crippen LogP contribution in [0.15, 0.2) is 36.4 Å². The third kappa shape index (κ3) is 3.57. The zero-order valence-electron chi connectivity index (χ0n) is 14.3. The van der Waals surface area contributed by atoms with E-state index in [9.17, 15) is 14.7 Å². The van der Waals surface area contributed by atoms with Gasteiger partial charge in [0.25, 0.3) is 11.8 Å². The van der Waals surface area contributed by atoms with E-state index in [4.69, 9.17) is 4.74 Å². The van der Waals surface area contributed by atoms with E-state index in [0.717, 1.165) is 5.56 Å². The summed E-state index contributed by atoms with van der Waals surface area (Å²) in [7, 11) is 0. The summed E-state index contributed by atoms with van der Waals surface area (Å²) in [6, 6.07) is 9.94. The number of phenols is 1. The average Bonchev–Trinajstić information content (AvgIpc) is 2.55. The number of hydrogen-bond acceptors (Lipinski definition) is 4. The molecule has 0 spiro atoms. The van der Waals surface area contributed by atoms with Crippen molar-refractivity contribution in [2.45, 2.75) is 26.2 Å². The highest BCUT2D eigenvalue weighted by molar-refractivity contribution is 6.06. The Bertz CT molecular complexity index is 853. The Kier molecular flexibility index (Phi) is 4.12. The molecule has 0 fully saturated rings. The van der Waals surface area contributed by atoms with Gasteiger partial charge in [-0.25, -0.2) is 0 Å². The first-order valence-corrected chi connectivity index (χ1v) is 7.95.